The van der Waals surface area contributed by atoms with Crippen molar-refractivity contribution in [1.82, 2.24) is 0 Å². The van der Waals surface area contributed by atoms with E-state index in [1.165, 1.54) is 19.3 Å². The Morgan fingerprint density at radius 3 is 2.93 bits per heavy atom. The monoisotopic (exact) mass is 209 g/mol. The van der Waals surface area contributed by atoms with Crippen molar-refractivity contribution in [3.05, 3.63) is 24.0 Å². The van der Waals surface area contributed by atoms with Crippen molar-refractivity contribution in [3.8, 4) is 0 Å². The summed E-state index contributed by atoms with van der Waals surface area (Å²) in [5.74, 6) is -0.0778. The standard InChI is InChI=1S/C11H12FNS/c12-8-3-1-4-9-10(8)14-11(7-13-9)5-2-6-11/h1,3-4,13H,2,5-7H2. The molecule has 1 spiro atoms. The first-order valence-electron chi connectivity index (χ1n) is 5.01. The van der Waals surface area contributed by atoms with E-state index in [1.807, 2.05) is 6.07 Å². The highest BCUT2D eigenvalue weighted by Gasteiger charge is 2.41. The molecule has 3 heteroatoms. The summed E-state index contributed by atoms with van der Waals surface area (Å²) in [5.41, 5.74) is 0.965. The third kappa shape index (κ3) is 1.15. The fourth-order valence-corrected chi connectivity index (χ4v) is 3.60. The predicted octanol–water partition coefficient (Wildman–Crippen LogP) is 3.27. The normalized spacial score (nSPS) is 22.4. The summed E-state index contributed by atoms with van der Waals surface area (Å²) in [6, 6.07) is 5.27. The Kier molecular flexibility index (Phi) is 1.78. The van der Waals surface area contributed by atoms with Gasteiger partial charge < -0.3 is 5.32 Å². The summed E-state index contributed by atoms with van der Waals surface area (Å²) < 4.78 is 13.8. The minimum atomic E-state index is -0.0778. The summed E-state index contributed by atoms with van der Waals surface area (Å²) in [7, 11) is 0. The quantitative estimate of drug-likeness (QED) is 0.703. The second kappa shape index (κ2) is 2.89. The molecule has 1 fully saturated rings. The van der Waals surface area contributed by atoms with E-state index < -0.39 is 0 Å². The highest BCUT2D eigenvalue weighted by molar-refractivity contribution is 8.01. The molecule has 1 heterocycles. The molecule has 14 heavy (non-hydrogen) atoms. The molecule has 0 bridgehead atoms. The number of thioether (sulfide) groups is 1. The van der Waals surface area contributed by atoms with Gasteiger partial charge in [0.2, 0.25) is 0 Å². The summed E-state index contributed by atoms with van der Waals surface area (Å²) in [6.07, 6.45) is 3.73. The molecule has 0 unspecified atom stereocenters. The first kappa shape index (κ1) is 8.60. The third-order valence-electron chi connectivity index (χ3n) is 3.15. The highest BCUT2D eigenvalue weighted by atomic mass is 32.2. The van der Waals surface area contributed by atoms with Gasteiger partial charge in [-0.15, -0.1) is 11.8 Å². The molecule has 1 N–H and O–H groups in total. The minimum Gasteiger partial charge on any atom is -0.383 e. The average molecular weight is 209 g/mol. The van der Waals surface area contributed by atoms with Crippen molar-refractivity contribution in [2.75, 3.05) is 11.9 Å². The van der Waals surface area contributed by atoms with Gasteiger partial charge in [0, 0.05) is 11.3 Å². The van der Waals surface area contributed by atoms with Gasteiger partial charge in [0.15, 0.2) is 0 Å². The summed E-state index contributed by atoms with van der Waals surface area (Å²) in [4.78, 5) is 0.818. The maximum absolute atomic E-state index is 13.5. The van der Waals surface area contributed by atoms with Crippen molar-refractivity contribution >= 4 is 17.4 Å². The lowest BCUT2D eigenvalue weighted by molar-refractivity contribution is 0.375. The Balaban J connectivity index is 2.00. The molecule has 1 aromatic carbocycles. The number of benzene rings is 1. The van der Waals surface area contributed by atoms with Crippen LogP contribution in [0.15, 0.2) is 23.1 Å². The zero-order chi connectivity index (χ0) is 9.60. The fraction of sp³-hybridized carbons (Fsp3) is 0.455. The molecule has 0 aromatic heterocycles. The molecule has 74 valence electrons. The van der Waals surface area contributed by atoms with Gasteiger partial charge in [-0.25, -0.2) is 4.39 Å². The van der Waals surface area contributed by atoms with Crippen molar-refractivity contribution in [2.24, 2.45) is 0 Å². The first-order chi connectivity index (χ1) is 6.79. The van der Waals surface area contributed by atoms with Crippen molar-refractivity contribution in [3.63, 3.8) is 0 Å². The molecule has 1 aromatic rings. The minimum absolute atomic E-state index is 0.0778. The van der Waals surface area contributed by atoms with E-state index >= 15 is 0 Å². The van der Waals surface area contributed by atoms with E-state index in [-0.39, 0.29) is 5.82 Å². The van der Waals surface area contributed by atoms with E-state index in [0.29, 0.717) is 4.75 Å². The molecule has 1 aliphatic carbocycles. The van der Waals surface area contributed by atoms with Gasteiger partial charge in [0.1, 0.15) is 5.82 Å². The van der Waals surface area contributed by atoms with Gasteiger partial charge in [0.25, 0.3) is 0 Å². The number of anilines is 1. The van der Waals surface area contributed by atoms with Crippen LogP contribution in [-0.2, 0) is 0 Å². The average Bonchev–Trinajstić information content (AvgIpc) is 2.16. The molecule has 3 rings (SSSR count). The smallest absolute Gasteiger partial charge is 0.138 e. The van der Waals surface area contributed by atoms with Crippen LogP contribution in [0, 0.1) is 5.82 Å². The van der Waals surface area contributed by atoms with E-state index in [0.717, 1.165) is 17.1 Å². The molecular formula is C11H12FNS. The number of hydrogen-bond donors (Lipinski definition) is 1. The van der Waals surface area contributed by atoms with Crippen LogP contribution in [0.1, 0.15) is 19.3 Å². The first-order valence-corrected chi connectivity index (χ1v) is 5.82. The Hall–Kier alpha value is -0.700. The van der Waals surface area contributed by atoms with Crippen LogP contribution in [0.25, 0.3) is 0 Å². The summed E-state index contributed by atoms with van der Waals surface area (Å²) >= 11 is 1.74. The number of hydrogen-bond acceptors (Lipinski definition) is 2. The summed E-state index contributed by atoms with van der Waals surface area (Å²) in [5, 5.41) is 3.34. The lowest BCUT2D eigenvalue weighted by Crippen LogP contribution is -2.42. The zero-order valence-corrected chi connectivity index (χ0v) is 8.66. The number of rotatable bonds is 0. The predicted molar refractivity (Wildman–Crippen MR) is 57.3 cm³/mol. The molecular weight excluding hydrogens is 197 g/mol. The lowest BCUT2D eigenvalue weighted by Gasteiger charge is -2.44. The molecule has 0 saturated heterocycles. The van der Waals surface area contributed by atoms with Crippen LogP contribution < -0.4 is 5.32 Å². The largest absolute Gasteiger partial charge is 0.383 e. The molecule has 1 nitrogen and oxygen atoms in total. The van der Waals surface area contributed by atoms with E-state index in [9.17, 15) is 4.39 Å². The Morgan fingerprint density at radius 2 is 2.21 bits per heavy atom. The second-order valence-corrected chi connectivity index (χ2v) is 5.59. The summed E-state index contributed by atoms with van der Waals surface area (Å²) in [6.45, 7) is 0.994. The Bertz CT molecular complexity index is 374. The van der Waals surface area contributed by atoms with Crippen LogP contribution in [0.4, 0.5) is 10.1 Å². The maximum atomic E-state index is 13.5. The third-order valence-corrected chi connectivity index (χ3v) is 4.76. The van der Waals surface area contributed by atoms with Gasteiger partial charge >= 0.3 is 0 Å². The van der Waals surface area contributed by atoms with Crippen LogP contribution in [0.5, 0.6) is 0 Å². The highest BCUT2D eigenvalue weighted by Crippen LogP contribution is 2.52. The van der Waals surface area contributed by atoms with Gasteiger partial charge in [-0.05, 0) is 25.0 Å². The van der Waals surface area contributed by atoms with Gasteiger partial charge in [-0.3, -0.25) is 0 Å². The van der Waals surface area contributed by atoms with Crippen LogP contribution in [0.3, 0.4) is 0 Å². The van der Waals surface area contributed by atoms with Crippen LogP contribution in [0.2, 0.25) is 0 Å². The van der Waals surface area contributed by atoms with Crippen LogP contribution in [-0.4, -0.2) is 11.3 Å². The second-order valence-electron chi connectivity index (χ2n) is 4.11. The van der Waals surface area contributed by atoms with E-state index in [1.54, 1.807) is 23.9 Å². The Morgan fingerprint density at radius 1 is 1.36 bits per heavy atom. The van der Waals surface area contributed by atoms with Crippen molar-refractivity contribution in [1.29, 1.82) is 0 Å². The van der Waals surface area contributed by atoms with Gasteiger partial charge in [-0.2, -0.15) is 0 Å². The Labute approximate surface area is 87.1 Å². The maximum Gasteiger partial charge on any atom is 0.138 e. The zero-order valence-electron chi connectivity index (χ0n) is 7.85. The lowest BCUT2D eigenvalue weighted by atomic mass is 9.84. The number of fused-ring (bicyclic) bond motifs is 1. The number of halogens is 1. The molecule has 2 aliphatic rings. The van der Waals surface area contributed by atoms with Gasteiger partial charge in [0.05, 0.1) is 10.6 Å². The molecule has 1 aliphatic heterocycles. The SMILES string of the molecule is Fc1cccc2c1SC1(CCC1)CN2. The fourth-order valence-electron chi connectivity index (χ4n) is 2.11. The molecule has 0 atom stereocenters. The molecule has 1 saturated carbocycles. The number of nitrogens with one attached hydrogen (secondary N) is 1. The van der Waals surface area contributed by atoms with Gasteiger partial charge in [-0.1, -0.05) is 12.5 Å². The van der Waals surface area contributed by atoms with E-state index in [4.69, 9.17) is 0 Å². The van der Waals surface area contributed by atoms with Crippen molar-refractivity contribution < 1.29 is 4.39 Å². The van der Waals surface area contributed by atoms with Crippen molar-refractivity contribution in [2.45, 2.75) is 28.9 Å². The molecule has 0 radical (unpaired) electrons. The van der Waals surface area contributed by atoms with Crippen LogP contribution >= 0.6 is 11.8 Å². The van der Waals surface area contributed by atoms with E-state index in [2.05, 4.69) is 5.32 Å². The topological polar surface area (TPSA) is 12.0 Å². The molecule has 0 amide bonds.